The number of halogens is 2. The second kappa shape index (κ2) is 8.45. The van der Waals surface area contributed by atoms with E-state index in [1.165, 1.54) is 6.33 Å². The fraction of sp³-hybridized carbons (Fsp3) is 0.333. The van der Waals surface area contributed by atoms with Crippen LogP contribution in [0.4, 0.5) is 0 Å². The standard InChI is InChI=1S/C18H19Br2N5O2/c1-10(18(26)22-4-5-25(2)3)27-24-17-15-12(6-11(19)7-14(15)20)13-8-21-9-23-16(13)17/h6-10H,4-5H2,1-3H3,(H,22,26)/b24-17+. The number of amides is 1. The lowest BCUT2D eigenvalue weighted by molar-refractivity contribution is -0.131. The quantitative estimate of drug-likeness (QED) is 0.531. The topological polar surface area (TPSA) is 79.7 Å². The van der Waals surface area contributed by atoms with Crippen molar-refractivity contribution in [3.63, 3.8) is 0 Å². The van der Waals surface area contributed by atoms with Crippen LogP contribution in [0.2, 0.25) is 0 Å². The number of hydrogen-bond acceptors (Lipinski definition) is 6. The van der Waals surface area contributed by atoms with E-state index in [1.807, 2.05) is 31.1 Å². The molecule has 1 N–H and O–H groups in total. The number of benzene rings is 1. The molecule has 2 aromatic rings. The third kappa shape index (κ3) is 4.36. The number of oxime groups is 1. The van der Waals surface area contributed by atoms with E-state index in [-0.39, 0.29) is 5.91 Å². The van der Waals surface area contributed by atoms with Gasteiger partial charge in [-0.3, -0.25) is 4.79 Å². The zero-order chi connectivity index (χ0) is 19.6. The summed E-state index contributed by atoms with van der Waals surface area (Å²) >= 11 is 7.09. The number of rotatable bonds is 6. The molecule has 27 heavy (non-hydrogen) atoms. The Kier molecular flexibility index (Phi) is 6.23. The number of nitrogens with zero attached hydrogens (tertiary/aromatic N) is 4. The Bertz CT molecular complexity index is 901. The lowest BCUT2D eigenvalue weighted by Gasteiger charge is -2.13. The van der Waals surface area contributed by atoms with Gasteiger partial charge in [0, 0.05) is 39.4 Å². The highest BCUT2D eigenvalue weighted by molar-refractivity contribution is 9.11. The number of aromatic nitrogens is 2. The number of hydrogen-bond donors (Lipinski definition) is 1. The summed E-state index contributed by atoms with van der Waals surface area (Å²) in [5, 5.41) is 7.10. The van der Waals surface area contributed by atoms with Gasteiger partial charge in [-0.15, -0.1) is 0 Å². The van der Waals surface area contributed by atoms with E-state index in [0.717, 1.165) is 32.2 Å². The molecule has 1 aromatic heterocycles. The predicted octanol–water partition coefficient (Wildman–Crippen LogP) is 2.82. The summed E-state index contributed by atoms with van der Waals surface area (Å²) in [6.07, 6.45) is 2.50. The highest BCUT2D eigenvalue weighted by Crippen LogP contribution is 2.41. The third-order valence-corrected chi connectivity index (χ3v) is 5.13. The fourth-order valence-corrected chi connectivity index (χ4v) is 4.09. The van der Waals surface area contributed by atoms with Gasteiger partial charge in [-0.25, -0.2) is 9.97 Å². The molecule has 1 aliphatic rings. The molecule has 7 nitrogen and oxygen atoms in total. The number of likely N-dealkylation sites (N-methyl/N-ethyl adjacent to an activating group) is 1. The molecule has 1 atom stereocenters. The molecule has 0 saturated heterocycles. The zero-order valence-electron chi connectivity index (χ0n) is 15.2. The predicted molar refractivity (Wildman–Crippen MR) is 111 cm³/mol. The van der Waals surface area contributed by atoms with Crippen LogP contribution in [0.15, 0.2) is 38.8 Å². The molecule has 0 saturated carbocycles. The molecule has 0 bridgehead atoms. The summed E-state index contributed by atoms with van der Waals surface area (Å²) in [6.45, 7) is 2.98. The Balaban J connectivity index is 1.83. The molecule has 142 valence electrons. The summed E-state index contributed by atoms with van der Waals surface area (Å²) in [5.41, 5.74) is 3.96. The summed E-state index contributed by atoms with van der Waals surface area (Å²) in [5.74, 6) is -0.211. The van der Waals surface area contributed by atoms with E-state index < -0.39 is 6.10 Å². The normalized spacial score (nSPS) is 14.8. The minimum atomic E-state index is -0.719. The molecule has 1 amide bonds. The zero-order valence-corrected chi connectivity index (χ0v) is 18.3. The van der Waals surface area contributed by atoms with Gasteiger partial charge in [0.25, 0.3) is 5.91 Å². The van der Waals surface area contributed by atoms with Gasteiger partial charge < -0.3 is 15.1 Å². The number of carbonyl (C=O) groups excluding carboxylic acids is 1. The highest BCUT2D eigenvalue weighted by atomic mass is 79.9. The lowest BCUT2D eigenvalue weighted by Crippen LogP contribution is -2.37. The van der Waals surface area contributed by atoms with Crippen LogP contribution in [-0.4, -0.2) is 59.8 Å². The summed E-state index contributed by atoms with van der Waals surface area (Å²) in [6, 6.07) is 3.92. The van der Waals surface area contributed by atoms with Crippen molar-refractivity contribution >= 4 is 43.5 Å². The second-order valence-corrected chi connectivity index (χ2v) is 8.15. The summed E-state index contributed by atoms with van der Waals surface area (Å²) in [4.78, 5) is 28.1. The average Bonchev–Trinajstić information content (AvgIpc) is 2.93. The van der Waals surface area contributed by atoms with Gasteiger partial charge in [-0.2, -0.15) is 0 Å². The van der Waals surface area contributed by atoms with Crippen LogP contribution in [0.3, 0.4) is 0 Å². The molecule has 0 fully saturated rings. The van der Waals surface area contributed by atoms with Crippen molar-refractivity contribution in [2.24, 2.45) is 5.16 Å². The maximum Gasteiger partial charge on any atom is 0.263 e. The largest absolute Gasteiger partial charge is 0.382 e. The second-order valence-electron chi connectivity index (χ2n) is 6.38. The van der Waals surface area contributed by atoms with Gasteiger partial charge in [-0.1, -0.05) is 37.0 Å². The summed E-state index contributed by atoms with van der Waals surface area (Å²) in [7, 11) is 3.90. The van der Waals surface area contributed by atoms with E-state index in [0.29, 0.717) is 18.0 Å². The molecule has 0 radical (unpaired) electrons. The smallest absolute Gasteiger partial charge is 0.263 e. The maximum absolute atomic E-state index is 12.2. The Hall–Kier alpha value is -1.84. The molecule has 1 aliphatic carbocycles. The molecule has 1 heterocycles. The molecular weight excluding hydrogens is 478 g/mol. The first-order valence-corrected chi connectivity index (χ1v) is 9.93. The molecular formula is C18H19Br2N5O2. The molecule has 9 heteroatoms. The fourth-order valence-electron chi connectivity index (χ4n) is 2.68. The number of fused-ring (bicyclic) bond motifs is 3. The van der Waals surface area contributed by atoms with Crippen LogP contribution < -0.4 is 5.32 Å². The van der Waals surface area contributed by atoms with Gasteiger partial charge in [0.15, 0.2) is 0 Å². The Morgan fingerprint density at radius 1 is 1.33 bits per heavy atom. The first-order valence-electron chi connectivity index (χ1n) is 8.35. The van der Waals surface area contributed by atoms with E-state index in [9.17, 15) is 4.79 Å². The van der Waals surface area contributed by atoms with Crippen LogP contribution in [0, 0.1) is 0 Å². The van der Waals surface area contributed by atoms with Crippen LogP contribution in [-0.2, 0) is 9.63 Å². The van der Waals surface area contributed by atoms with E-state index in [2.05, 4.69) is 52.3 Å². The third-order valence-electron chi connectivity index (χ3n) is 4.05. The maximum atomic E-state index is 12.2. The van der Waals surface area contributed by atoms with Crippen molar-refractivity contribution in [1.29, 1.82) is 0 Å². The van der Waals surface area contributed by atoms with Crippen molar-refractivity contribution in [2.45, 2.75) is 13.0 Å². The van der Waals surface area contributed by atoms with Crippen molar-refractivity contribution < 1.29 is 9.63 Å². The average molecular weight is 497 g/mol. The first-order chi connectivity index (χ1) is 12.9. The SMILES string of the molecule is CC(O/N=C1/c2ncncc2-c2cc(Br)cc(Br)c21)C(=O)NCCN(C)C. The number of carbonyl (C=O) groups is 1. The van der Waals surface area contributed by atoms with Gasteiger partial charge in [0.1, 0.15) is 17.7 Å². The highest BCUT2D eigenvalue weighted by Gasteiger charge is 2.30. The van der Waals surface area contributed by atoms with Crippen LogP contribution in [0.1, 0.15) is 18.2 Å². The van der Waals surface area contributed by atoms with Gasteiger partial charge in [0.2, 0.25) is 6.10 Å². The molecule has 1 unspecified atom stereocenters. The Labute approximate surface area is 174 Å². The van der Waals surface area contributed by atoms with Crippen molar-refractivity contribution in [3.8, 4) is 11.1 Å². The molecule has 3 rings (SSSR count). The van der Waals surface area contributed by atoms with Gasteiger partial charge in [0.05, 0.1) is 0 Å². The Morgan fingerprint density at radius 2 is 2.11 bits per heavy atom. The monoisotopic (exact) mass is 495 g/mol. The van der Waals surface area contributed by atoms with E-state index >= 15 is 0 Å². The van der Waals surface area contributed by atoms with Gasteiger partial charge in [-0.05, 0) is 38.7 Å². The van der Waals surface area contributed by atoms with Crippen molar-refractivity contribution in [3.05, 3.63) is 44.9 Å². The first kappa shape index (κ1) is 19.9. The summed E-state index contributed by atoms with van der Waals surface area (Å²) < 4.78 is 1.79. The molecule has 0 spiro atoms. The molecule has 0 aliphatic heterocycles. The van der Waals surface area contributed by atoms with Crippen molar-refractivity contribution in [1.82, 2.24) is 20.2 Å². The minimum Gasteiger partial charge on any atom is -0.382 e. The van der Waals surface area contributed by atoms with Crippen LogP contribution >= 0.6 is 31.9 Å². The van der Waals surface area contributed by atoms with Crippen LogP contribution in [0.25, 0.3) is 11.1 Å². The van der Waals surface area contributed by atoms with Crippen LogP contribution in [0.5, 0.6) is 0 Å². The van der Waals surface area contributed by atoms with E-state index in [1.54, 1.807) is 13.1 Å². The van der Waals surface area contributed by atoms with E-state index in [4.69, 9.17) is 4.84 Å². The van der Waals surface area contributed by atoms with Gasteiger partial charge >= 0.3 is 0 Å². The molecule has 1 aromatic carbocycles. The van der Waals surface area contributed by atoms with Crippen molar-refractivity contribution in [2.75, 3.05) is 27.2 Å². The number of nitrogens with one attached hydrogen (secondary N) is 1. The lowest BCUT2D eigenvalue weighted by atomic mass is 10.1. The Morgan fingerprint density at radius 3 is 2.85 bits per heavy atom. The minimum absolute atomic E-state index is 0.211.